The van der Waals surface area contributed by atoms with Crippen molar-refractivity contribution in [2.24, 2.45) is 5.84 Å². The van der Waals surface area contributed by atoms with Gasteiger partial charge in [-0.1, -0.05) is 20.8 Å². The van der Waals surface area contributed by atoms with Gasteiger partial charge in [-0.2, -0.15) is 0 Å². The van der Waals surface area contributed by atoms with E-state index in [1.165, 1.54) is 0 Å². The number of nitrogens with two attached hydrogens (primary N) is 1. The second-order valence-corrected chi connectivity index (χ2v) is 6.90. The second kappa shape index (κ2) is 7.04. The Balaban J connectivity index is 3.00. The van der Waals surface area contributed by atoms with Gasteiger partial charge in [0, 0.05) is 17.0 Å². The molecule has 120 valence electrons. The average molecular weight is 294 g/mol. The quantitative estimate of drug-likeness (QED) is 0.551. The lowest BCUT2D eigenvalue weighted by Gasteiger charge is -2.23. The summed E-state index contributed by atoms with van der Waals surface area (Å²) < 4.78 is 0. The van der Waals surface area contributed by atoms with Gasteiger partial charge in [0.05, 0.1) is 0 Å². The number of hydrogen-bond donors (Lipinski definition) is 3. The van der Waals surface area contributed by atoms with Gasteiger partial charge in [-0.15, -0.1) is 0 Å². The van der Waals surface area contributed by atoms with E-state index in [0.29, 0.717) is 11.9 Å². The first-order chi connectivity index (χ1) is 9.65. The third-order valence-corrected chi connectivity index (χ3v) is 3.35. The Morgan fingerprint density at radius 1 is 1.19 bits per heavy atom. The fraction of sp³-hybridized carbons (Fsp3) is 0.733. The molecule has 1 rings (SSSR count). The molecule has 0 aromatic carbocycles. The maximum atomic E-state index is 5.59. The third kappa shape index (κ3) is 5.13. The van der Waals surface area contributed by atoms with Gasteiger partial charge in [-0.3, -0.25) is 0 Å². The van der Waals surface area contributed by atoms with Gasteiger partial charge >= 0.3 is 0 Å². The van der Waals surface area contributed by atoms with Crippen LogP contribution in [-0.2, 0) is 5.41 Å². The fourth-order valence-electron chi connectivity index (χ4n) is 1.89. The van der Waals surface area contributed by atoms with E-state index in [1.54, 1.807) is 0 Å². The van der Waals surface area contributed by atoms with Gasteiger partial charge in [-0.05, 0) is 40.9 Å². The number of anilines is 2. The predicted molar refractivity (Wildman–Crippen MR) is 89.5 cm³/mol. The van der Waals surface area contributed by atoms with E-state index in [0.717, 1.165) is 30.2 Å². The molecule has 4 N–H and O–H groups in total. The molecule has 6 heteroatoms. The van der Waals surface area contributed by atoms with Crippen LogP contribution in [0.1, 0.15) is 45.5 Å². The molecule has 0 radical (unpaired) electrons. The molecule has 0 aliphatic rings. The van der Waals surface area contributed by atoms with Gasteiger partial charge in [-0.25, -0.2) is 15.8 Å². The Kier molecular flexibility index (Phi) is 5.92. The van der Waals surface area contributed by atoms with Crippen LogP contribution in [0.2, 0.25) is 0 Å². The Morgan fingerprint density at radius 3 is 2.24 bits per heavy atom. The van der Waals surface area contributed by atoms with Crippen molar-refractivity contribution in [1.29, 1.82) is 0 Å². The van der Waals surface area contributed by atoms with Crippen LogP contribution in [0.3, 0.4) is 0 Å². The Hall–Kier alpha value is -1.40. The minimum Gasteiger partial charge on any atom is -0.367 e. The number of rotatable bonds is 6. The molecular weight excluding hydrogens is 264 g/mol. The summed E-state index contributed by atoms with van der Waals surface area (Å²) in [5.74, 6) is 7.90. The van der Waals surface area contributed by atoms with Crippen LogP contribution in [0.5, 0.6) is 0 Å². The molecule has 0 aliphatic carbocycles. The highest BCUT2D eigenvalue weighted by Crippen LogP contribution is 2.26. The number of hydrogen-bond acceptors (Lipinski definition) is 6. The molecule has 21 heavy (non-hydrogen) atoms. The number of aromatic nitrogens is 2. The van der Waals surface area contributed by atoms with Crippen LogP contribution in [0.4, 0.5) is 11.6 Å². The summed E-state index contributed by atoms with van der Waals surface area (Å²) in [6, 6.07) is 0.333. The van der Waals surface area contributed by atoms with Crippen molar-refractivity contribution in [1.82, 2.24) is 14.9 Å². The summed E-state index contributed by atoms with van der Waals surface area (Å²) in [6.45, 7) is 11.5. The Labute approximate surface area is 128 Å². The molecule has 0 saturated carbocycles. The van der Waals surface area contributed by atoms with E-state index >= 15 is 0 Å². The minimum absolute atomic E-state index is 0.122. The molecule has 1 aromatic heterocycles. The first kappa shape index (κ1) is 17.7. The summed E-state index contributed by atoms with van der Waals surface area (Å²) in [4.78, 5) is 11.4. The molecule has 1 aromatic rings. The predicted octanol–water partition coefficient (Wildman–Crippen LogP) is 2.12. The summed E-state index contributed by atoms with van der Waals surface area (Å²) in [7, 11) is 4.16. The standard InChI is InChI=1S/C15H30N6/c1-10(8-9-21(6)7)17-12-11(2)13(20-16)19-14(18-12)15(3,4)5/h10H,8-9,16H2,1-7H3,(H2,17,18,19,20). The zero-order valence-electron chi connectivity index (χ0n) is 14.4. The van der Waals surface area contributed by atoms with Crippen molar-refractivity contribution in [3.63, 3.8) is 0 Å². The lowest BCUT2D eigenvalue weighted by Crippen LogP contribution is -2.26. The molecule has 1 atom stereocenters. The van der Waals surface area contributed by atoms with E-state index in [2.05, 4.69) is 67.4 Å². The molecule has 1 heterocycles. The van der Waals surface area contributed by atoms with Gasteiger partial charge in [0.25, 0.3) is 0 Å². The van der Waals surface area contributed by atoms with Crippen LogP contribution in [0, 0.1) is 6.92 Å². The first-order valence-electron chi connectivity index (χ1n) is 7.42. The smallest absolute Gasteiger partial charge is 0.148 e. The topological polar surface area (TPSA) is 79.1 Å². The average Bonchev–Trinajstić information content (AvgIpc) is 2.37. The maximum Gasteiger partial charge on any atom is 0.148 e. The highest BCUT2D eigenvalue weighted by molar-refractivity contribution is 5.57. The molecule has 0 saturated heterocycles. The number of nitrogens with zero attached hydrogens (tertiary/aromatic N) is 3. The van der Waals surface area contributed by atoms with Crippen molar-refractivity contribution < 1.29 is 0 Å². The summed E-state index contributed by atoms with van der Waals surface area (Å²) in [5, 5.41) is 3.48. The zero-order valence-corrected chi connectivity index (χ0v) is 14.4. The first-order valence-corrected chi connectivity index (χ1v) is 7.42. The molecule has 0 aliphatic heterocycles. The highest BCUT2D eigenvalue weighted by Gasteiger charge is 2.21. The Bertz CT molecular complexity index is 464. The van der Waals surface area contributed by atoms with Crippen molar-refractivity contribution >= 4 is 11.6 Å². The minimum atomic E-state index is -0.122. The summed E-state index contributed by atoms with van der Waals surface area (Å²) in [6.07, 6.45) is 1.05. The van der Waals surface area contributed by atoms with Crippen LogP contribution in [-0.4, -0.2) is 41.5 Å². The monoisotopic (exact) mass is 294 g/mol. The molecular formula is C15H30N6. The lowest BCUT2D eigenvalue weighted by molar-refractivity contribution is 0.390. The van der Waals surface area contributed by atoms with Gasteiger partial charge in [0.15, 0.2) is 0 Å². The van der Waals surface area contributed by atoms with Crippen molar-refractivity contribution in [2.75, 3.05) is 31.4 Å². The molecule has 1 unspecified atom stereocenters. The largest absolute Gasteiger partial charge is 0.367 e. The van der Waals surface area contributed by atoms with Gasteiger partial charge in [0.2, 0.25) is 0 Å². The summed E-state index contributed by atoms with van der Waals surface area (Å²) in [5.41, 5.74) is 3.50. The molecule has 0 spiro atoms. The number of nitrogens with one attached hydrogen (secondary N) is 2. The molecule has 0 amide bonds. The Morgan fingerprint density at radius 2 is 1.76 bits per heavy atom. The van der Waals surface area contributed by atoms with Crippen molar-refractivity contribution in [2.45, 2.75) is 52.5 Å². The molecule has 0 bridgehead atoms. The van der Waals surface area contributed by atoms with Crippen LogP contribution in [0.15, 0.2) is 0 Å². The van der Waals surface area contributed by atoms with Gasteiger partial charge in [0.1, 0.15) is 17.5 Å². The van der Waals surface area contributed by atoms with Crippen molar-refractivity contribution in [3.8, 4) is 0 Å². The van der Waals surface area contributed by atoms with E-state index in [9.17, 15) is 0 Å². The van der Waals surface area contributed by atoms with Crippen LogP contribution < -0.4 is 16.6 Å². The lowest BCUT2D eigenvalue weighted by atomic mass is 9.95. The number of hydrazine groups is 1. The fourth-order valence-corrected chi connectivity index (χ4v) is 1.89. The second-order valence-electron chi connectivity index (χ2n) is 6.90. The zero-order chi connectivity index (χ0) is 16.2. The maximum absolute atomic E-state index is 5.59. The van der Waals surface area contributed by atoms with Crippen LogP contribution >= 0.6 is 0 Å². The SMILES string of the molecule is Cc1c(NN)nc(C(C)(C)C)nc1NC(C)CCN(C)C. The van der Waals surface area contributed by atoms with E-state index in [1.807, 2.05) is 6.92 Å². The third-order valence-electron chi connectivity index (χ3n) is 3.35. The highest BCUT2D eigenvalue weighted by atomic mass is 15.3. The van der Waals surface area contributed by atoms with E-state index < -0.39 is 0 Å². The summed E-state index contributed by atoms with van der Waals surface area (Å²) >= 11 is 0. The molecule has 6 nitrogen and oxygen atoms in total. The number of nitrogen functional groups attached to an aromatic ring is 1. The normalized spacial score (nSPS) is 13.4. The molecule has 0 fully saturated rings. The van der Waals surface area contributed by atoms with E-state index in [4.69, 9.17) is 5.84 Å². The van der Waals surface area contributed by atoms with Crippen LogP contribution in [0.25, 0.3) is 0 Å². The van der Waals surface area contributed by atoms with Crippen molar-refractivity contribution in [3.05, 3.63) is 11.4 Å². The van der Waals surface area contributed by atoms with Gasteiger partial charge < -0.3 is 15.6 Å². The van der Waals surface area contributed by atoms with E-state index in [-0.39, 0.29) is 5.41 Å².